The van der Waals surface area contributed by atoms with Gasteiger partial charge in [0.05, 0.1) is 14.2 Å². The van der Waals surface area contributed by atoms with E-state index in [1.54, 1.807) is 50.4 Å². The number of ether oxygens (including phenoxy) is 2. The number of anilines is 1. The summed E-state index contributed by atoms with van der Waals surface area (Å²) < 4.78 is 12.8. The van der Waals surface area contributed by atoms with E-state index in [1.165, 1.54) is 0 Å². The molecule has 0 spiro atoms. The fourth-order valence-electron chi connectivity index (χ4n) is 2.85. The lowest BCUT2D eigenvalue weighted by atomic mass is 10.0. The molecule has 2 aromatic carbocycles. The summed E-state index contributed by atoms with van der Waals surface area (Å²) in [6, 6.07) is 11.1. The van der Waals surface area contributed by atoms with Crippen LogP contribution in [0.2, 0.25) is 0 Å². The third-order valence-corrected chi connectivity index (χ3v) is 5.36. The fraction of sp³-hybridized carbons (Fsp3) is 0.182. The maximum absolute atomic E-state index is 12.8. The van der Waals surface area contributed by atoms with Crippen LogP contribution in [0.15, 0.2) is 71.5 Å². The van der Waals surface area contributed by atoms with E-state index in [0.717, 1.165) is 15.6 Å². The molecule has 0 saturated carbocycles. The van der Waals surface area contributed by atoms with Crippen molar-refractivity contribution in [1.29, 1.82) is 0 Å². The van der Waals surface area contributed by atoms with Crippen LogP contribution in [0.1, 0.15) is 15.9 Å². The Morgan fingerprint density at radius 2 is 2.00 bits per heavy atom. The molecule has 3 aromatic rings. The number of nitrogens with one attached hydrogen (secondary N) is 1. The molecular formula is C22H23N3O3S. The second-order valence-corrected chi connectivity index (χ2v) is 7.31. The van der Waals surface area contributed by atoms with E-state index in [-0.39, 0.29) is 5.91 Å². The third kappa shape index (κ3) is 4.81. The average Bonchev–Trinajstić information content (AvgIpc) is 3.13. The zero-order valence-corrected chi connectivity index (χ0v) is 17.5. The maximum atomic E-state index is 12.8. The Labute approximate surface area is 174 Å². The van der Waals surface area contributed by atoms with E-state index in [0.29, 0.717) is 29.2 Å². The Kier molecular flexibility index (Phi) is 6.61. The van der Waals surface area contributed by atoms with Crippen molar-refractivity contribution >= 4 is 23.4 Å². The van der Waals surface area contributed by atoms with Gasteiger partial charge >= 0.3 is 0 Å². The molecule has 0 atom stereocenters. The number of imidazole rings is 1. The van der Waals surface area contributed by atoms with Crippen molar-refractivity contribution < 1.29 is 14.3 Å². The summed E-state index contributed by atoms with van der Waals surface area (Å²) in [5.41, 5.74) is 2.04. The Bertz CT molecular complexity index is 1010. The first-order valence-electron chi connectivity index (χ1n) is 8.98. The van der Waals surface area contributed by atoms with E-state index in [1.807, 2.05) is 42.1 Å². The van der Waals surface area contributed by atoms with Gasteiger partial charge in [-0.05, 0) is 42.8 Å². The summed E-state index contributed by atoms with van der Waals surface area (Å²) >= 11 is 1.56. The molecule has 3 rings (SSSR count). The molecule has 0 radical (unpaired) electrons. The lowest BCUT2D eigenvalue weighted by Crippen LogP contribution is -2.13. The third-order valence-electron chi connectivity index (χ3n) is 4.28. The van der Waals surface area contributed by atoms with Gasteiger partial charge in [0, 0.05) is 41.2 Å². The molecule has 0 unspecified atom stereocenters. The highest BCUT2D eigenvalue weighted by Crippen LogP contribution is 2.33. The molecule has 1 aromatic heterocycles. The van der Waals surface area contributed by atoms with E-state index < -0.39 is 0 Å². The summed E-state index contributed by atoms with van der Waals surface area (Å²) in [4.78, 5) is 18.1. The van der Waals surface area contributed by atoms with Crippen molar-refractivity contribution in [2.45, 2.75) is 16.5 Å². The van der Waals surface area contributed by atoms with Crippen molar-refractivity contribution in [3.8, 4) is 11.5 Å². The van der Waals surface area contributed by atoms with E-state index in [9.17, 15) is 4.79 Å². The molecule has 0 bridgehead atoms. The molecule has 29 heavy (non-hydrogen) atoms. The molecule has 6 nitrogen and oxygen atoms in total. The minimum atomic E-state index is -0.222. The highest BCUT2D eigenvalue weighted by Gasteiger charge is 2.16. The van der Waals surface area contributed by atoms with Crippen molar-refractivity contribution in [1.82, 2.24) is 9.55 Å². The van der Waals surface area contributed by atoms with Crippen LogP contribution < -0.4 is 14.8 Å². The number of amides is 1. The van der Waals surface area contributed by atoms with Crippen LogP contribution in [-0.2, 0) is 13.5 Å². The van der Waals surface area contributed by atoms with Crippen molar-refractivity contribution in [2.24, 2.45) is 7.05 Å². The Morgan fingerprint density at radius 1 is 1.24 bits per heavy atom. The average molecular weight is 410 g/mol. The van der Waals surface area contributed by atoms with Crippen LogP contribution in [-0.4, -0.2) is 29.7 Å². The van der Waals surface area contributed by atoms with Crippen LogP contribution in [0.3, 0.4) is 0 Å². The summed E-state index contributed by atoms with van der Waals surface area (Å²) in [6.45, 7) is 3.76. The molecule has 150 valence electrons. The Morgan fingerprint density at radius 3 is 2.59 bits per heavy atom. The molecule has 0 aliphatic rings. The molecular weight excluding hydrogens is 386 g/mol. The van der Waals surface area contributed by atoms with Crippen LogP contribution in [0.5, 0.6) is 11.5 Å². The summed E-state index contributed by atoms with van der Waals surface area (Å²) in [7, 11) is 5.08. The van der Waals surface area contributed by atoms with E-state index in [4.69, 9.17) is 9.47 Å². The van der Waals surface area contributed by atoms with E-state index >= 15 is 0 Å². The standard InChI is InChI=1S/C22H23N3O3S/c1-5-6-15-13-16(14-19(27-3)20(15)28-4)21(26)24-17-7-9-18(10-8-17)29-22-23-11-12-25(22)2/h5,7-14H,1,6H2,2-4H3,(H,24,26). The Hall–Kier alpha value is -3.19. The van der Waals surface area contributed by atoms with Gasteiger partial charge in [-0.1, -0.05) is 17.8 Å². The monoisotopic (exact) mass is 409 g/mol. The zero-order valence-electron chi connectivity index (χ0n) is 16.6. The van der Waals surface area contributed by atoms with Gasteiger partial charge in [0.1, 0.15) is 0 Å². The quantitative estimate of drug-likeness (QED) is 0.552. The summed E-state index contributed by atoms with van der Waals surface area (Å²) in [5, 5.41) is 3.83. The minimum Gasteiger partial charge on any atom is -0.493 e. The molecule has 1 heterocycles. The van der Waals surface area contributed by atoms with Gasteiger partial charge < -0.3 is 19.4 Å². The highest BCUT2D eigenvalue weighted by molar-refractivity contribution is 7.99. The molecule has 0 aliphatic carbocycles. The normalized spacial score (nSPS) is 10.4. The number of hydrogen-bond donors (Lipinski definition) is 1. The van der Waals surface area contributed by atoms with Gasteiger partial charge in [-0.25, -0.2) is 4.98 Å². The number of hydrogen-bond acceptors (Lipinski definition) is 5. The number of allylic oxidation sites excluding steroid dienone is 1. The van der Waals surface area contributed by atoms with Gasteiger partial charge in [0.2, 0.25) is 0 Å². The van der Waals surface area contributed by atoms with Gasteiger partial charge in [-0.15, -0.1) is 6.58 Å². The summed E-state index contributed by atoms with van der Waals surface area (Å²) in [6.07, 6.45) is 6.00. The van der Waals surface area contributed by atoms with Gasteiger partial charge in [-0.3, -0.25) is 4.79 Å². The molecule has 1 amide bonds. The van der Waals surface area contributed by atoms with Gasteiger partial charge in [-0.2, -0.15) is 0 Å². The Balaban J connectivity index is 1.76. The van der Waals surface area contributed by atoms with Crippen LogP contribution in [0.4, 0.5) is 5.69 Å². The summed E-state index contributed by atoms with van der Waals surface area (Å²) in [5.74, 6) is 0.902. The number of aryl methyl sites for hydroxylation is 1. The molecule has 1 N–H and O–H groups in total. The van der Waals surface area contributed by atoms with E-state index in [2.05, 4.69) is 16.9 Å². The number of carbonyl (C=O) groups is 1. The first-order chi connectivity index (χ1) is 14.0. The van der Waals surface area contributed by atoms with Crippen LogP contribution in [0.25, 0.3) is 0 Å². The molecule has 0 fully saturated rings. The van der Waals surface area contributed by atoms with Gasteiger partial charge in [0.15, 0.2) is 16.7 Å². The number of aromatic nitrogens is 2. The van der Waals surface area contributed by atoms with Crippen molar-refractivity contribution in [3.05, 3.63) is 72.6 Å². The number of nitrogens with zero attached hydrogens (tertiary/aromatic N) is 2. The molecule has 0 aliphatic heterocycles. The largest absolute Gasteiger partial charge is 0.493 e. The fourth-order valence-corrected chi connectivity index (χ4v) is 3.65. The first kappa shape index (κ1) is 20.5. The second kappa shape index (κ2) is 9.34. The SMILES string of the molecule is C=CCc1cc(C(=O)Nc2ccc(Sc3nccn3C)cc2)cc(OC)c1OC. The predicted molar refractivity (Wildman–Crippen MR) is 115 cm³/mol. The number of benzene rings is 2. The number of methoxy groups -OCH3 is 2. The first-order valence-corrected chi connectivity index (χ1v) is 9.79. The van der Waals surface area contributed by atoms with Crippen molar-refractivity contribution in [2.75, 3.05) is 19.5 Å². The smallest absolute Gasteiger partial charge is 0.255 e. The second-order valence-electron chi connectivity index (χ2n) is 6.26. The lowest BCUT2D eigenvalue weighted by molar-refractivity contribution is 0.102. The highest BCUT2D eigenvalue weighted by atomic mass is 32.2. The predicted octanol–water partition coefficient (Wildman–Crippen LogP) is 4.57. The lowest BCUT2D eigenvalue weighted by Gasteiger charge is -2.14. The van der Waals surface area contributed by atoms with Gasteiger partial charge in [0.25, 0.3) is 5.91 Å². The topological polar surface area (TPSA) is 65.4 Å². The van der Waals surface area contributed by atoms with Crippen LogP contribution >= 0.6 is 11.8 Å². The number of rotatable bonds is 8. The molecule has 7 heteroatoms. The van der Waals surface area contributed by atoms with Crippen LogP contribution in [0, 0.1) is 0 Å². The minimum absolute atomic E-state index is 0.222. The number of carbonyl (C=O) groups excluding carboxylic acids is 1. The van der Waals surface area contributed by atoms with Crippen molar-refractivity contribution in [3.63, 3.8) is 0 Å². The molecule has 0 saturated heterocycles. The zero-order chi connectivity index (χ0) is 20.8. The maximum Gasteiger partial charge on any atom is 0.255 e.